The smallest absolute Gasteiger partial charge is 0.00874 e. The average molecular weight is 175 g/mol. The van der Waals surface area contributed by atoms with Crippen LogP contribution in [0.5, 0.6) is 0 Å². The maximum atomic E-state index is 5.83. The van der Waals surface area contributed by atoms with E-state index in [-0.39, 0.29) is 0 Å². The average Bonchev–Trinajstić information content (AvgIpc) is 2.09. The highest BCUT2D eigenvalue weighted by Gasteiger charge is 2.03. The number of rotatable bonds is 2. The first-order valence-corrected chi connectivity index (χ1v) is 4.68. The topological polar surface area (TPSA) is 26.0 Å². The first-order chi connectivity index (χ1) is 6.16. The van der Waals surface area contributed by atoms with Gasteiger partial charge in [0.2, 0.25) is 0 Å². The van der Waals surface area contributed by atoms with Gasteiger partial charge in [0, 0.05) is 5.70 Å². The van der Waals surface area contributed by atoms with Gasteiger partial charge in [-0.05, 0) is 37.0 Å². The summed E-state index contributed by atoms with van der Waals surface area (Å²) in [4.78, 5) is 0. The molecular weight excluding hydrogens is 158 g/mol. The van der Waals surface area contributed by atoms with Crippen molar-refractivity contribution >= 4 is 5.57 Å². The third kappa shape index (κ3) is 2.11. The predicted octanol–water partition coefficient (Wildman–Crippen LogP) is 3.09. The van der Waals surface area contributed by atoms with Gasteiger partial charge in [0.05, 0.1) is 0 Å². The molecule has 70 valence electrons. The number of allylic oxidation sites excluding steroid dienone is 2. The molecule has 0 fully saturated rings. The summed E-state index contributed by atoms with van der Waals surface area (Å²) < 4.78 is 0. The van der Waals surface area contributed by atoms with E-state index in [1.807, 2.05) is 6.92 Å². The zero-order chi connectivity index (χ0) is 9.84. The summed E-state index contributed by atoms with van der Waals surface area (Å²) in [6.07, 6.45) is 0.993. The molecule has 1 heteroatoms. The Hall–Kier alpha value is -1.24. The van der Waals surface area contributed by atoms with Crippen LogP contribution >= 0.6 is 0 Å². The van der Waals surface area contributed by atoms with Crippen LogP contribution in [0, 0.1) is 6.92 Å². The molecule has 1 aromatic rings. The van der Waals surface area contributed by atoms with Gasteiger partial charge < -0.3 is 5.73 Å². The molecule has 2 N–H and O–H groups in total. The van der Waals surface area contributed by atoms with Crippen LogP contribution in [0.2, 0.25) is 0 Å². The molecule has 0 unspecified atom stereocenters. The van der Waals surface area contributed by atoms with Gasteiger partial charge in [-0.1, -0.05) is 31.2 Å². The fourth-order valence-corrected chi connectivity index (χ4v) is 1.59. The maximum absolute atomic E-state index is 5.83. The van der Waals surface area contributed by atoms with Crippen molar-refractivity contribution < 1.29 is 0 Å². The van der Waals surface area contributed by atoms with Gasteiger partial charge in [-0.2, -0.15) is 0 Å². The molecule has 0 bridgehead atoms. The van der Waals surface area contributed by atoms with Crippen LogP contribution in [0.1, 0.15) is 31.4 Å². The fourth-order valence-electron chi connectivity index (χ4n) is 1.59. The SMILES string of the molecule is CC/C(=C(\C)N)c1ccccc1C. The first-order valence-electron chi connectivity index (χ1n) is 4.68. The van der Waals surface area contributed by atoms with Crippen molar-refractivity contribution in [3.63, 3.8) is 0 Å². The van der Waals surface area contributed by atoms with E-state index in [9.17, 15) is 0 Å². The Bertz CT molecular complexity index is 320. The van der Waals surface area contributed by atoms with E-state index in [0.29, 0.717) is 0 Å². The van der Waals surface area contributed by atoms with Gasteiger partial charge in [0.25, 0.3) is 0 Å². The Labute approximate surface area is 80.3 Å². The molecule has 0 saturated carbocycles. The van der Waals surface area contributed by atoms with E-state index in [1.54, 1.807) is 0 Å². The molecule has 13 heavy (non-hydrogen) atoms. The van der Waals surface area contributed by atoms with Crippen LogP contribution in [-0.2, 0) is 0 Å². The number of aryl methyl sites for hydroxylation is 1. The Morgan fingerprint density at radius 1 is 1.31 bits per heavy atom. The van der Waals surface area contributed by atoms with E-state index in [1.165, 1.54) is 16.7 Å². The standard InChI is InChI=1S/C12H17N/c1-4-11(10(3)13)12-8-6-5-7-9(12)2/h5-8H,4,13H2,1-3H3/b11-10-. The summed E-state index contributed by atoms with van der Waals surface area (Å²) in [5, 5.41) is 0. The first kappa shape index (κ1) is 9.85. The van der Waals surface area contributed by atoms with Crippen molar-refractivity contribution in [2.45, 2.75) is 27.2 Å². The van der Waals surface area contributed by atoms with Crippen molar-refractivity contribution in [1.82, 2.24) is 0 Å². The van der Waals surface area contributed by atoms with Gasteiger partial charge in [-0.15, -0.1) is 0 Å². The molecule has 0 saturated heterocycles. The zero-order valence-corrected chi connectivity index (χ0v) is 8.59. The zero-order valence-electron chi connectivity index (χ0n) is 8.59. The quantitative estimate of drug-likeness (QED) is 0.734. The molecule has 0 atom stereocenters. The molecule has 0 aliphatic carbocycles. The summed E-state index contributed by atoms with van der Waals surface area (Å²) in [6, 6.07) is 8.36. The molecule has 1 rings (SSSR count). The normalized spacial score (nSPS) is 12.5. The minimum absolute atomic E-state index is 0.928. The number of hydrogen-bond donors (Lipinski definition) is 1. The largest absolute Gasteiger partial charge is 0.402 e. The number of nitrogens with two attached hydrogens (primary N) is 1. The van der Waals surface area contributed by atoms with E-state index in [4.69, 9.17) is 5.73 Å². The molecule has 0 heterocycles. The molecule has 0 radical (unpaired) electrons. The lowest BCUT2D eigenvalue weighted by molar-refractivity contribution is 1.17. The second-order valence-electron chi connectivity index (χ2n) is 3.33. The van der Waals surface area contributed by atoms with E-state index in [0.717, 1.165) is 12.1 Å². The predicted molar refractivity (Wildman–Crippen MR) is 58.3 cm³/mol. The maximum Gasteiger partial charge on any atom is 0.00874 e. The Morgan fingerprint density at radius 3 is 2.38 bits per heavy atom. The van der Waals surface area contributed by atoms with E-state index >= 15 is 0 Å². The molecule has 0 amide bonds. The highest BCUT2D eigenvalue weighted by Crippen LogP contribution is 2.22. The molecular formula is C12H17N. The summed E-state index contributed by atoms with van der Waals surface area (Å²) in [5.74, 6) is 0. The van der Waals surface area contributed by atoms with Crippen molar-refractivity contribution in [1.29, 1.82) is 0 Å². The minimum Gasteiger partial charge on any atom is -0.402 e. The van der Waals surface area contributed by atoms with Crippen molar-refractivity contribution in [3.8, 4) is 0 Å². The third-order valence-corrected chi connectivity index (χ3v) is 2.30. The third-order valence-electron chi connectivity index (χ3n) is 2.30. The lowest BCUT2D eigenvalue weighted by atomic mass is 9.97. The monoisotopic (exact) mass is 175 g/mol. The van der Waals surface area contributed by atoms with Crippen molar-refractivity contribution in [2.24, 2.45) is 5.73 Å². The fraction of sp³-hybridized carbons (Fsp3) is 0.333. The molecule has 0 spiro atoms. The lowest BCUT2D eigenvalue weighted by Gasteiger charge is -2.10. The summed E-state index contributed by atoms with van der Waals surface area (Å²) in [7, 11) is 0. The summed E-state index contributed by atoms with van der Waals surface area (Å²) in [6.45, 7) is 6.22. The van der Waals surface area contributed by atoms with Gasteiger partial charge >= 0.3 is 0 Å². The van der Waals surface area contributed by atoms with Crippen molar-refractivity contribution in [2.75, 3.05) is 0 Å². The van der Waals surface area contributed by atoms with E-state index < -0.39 is 0 Å². The molecule has 0 aliphatic rings. The second-order valence-corrected chi connectivity index (χ2v) is 3.33. The molecule has 1 aromatic carbocycles. The van der Waals surface area contributed by atoms with Crippen LogP contribution in [0.15, 0.2) is 30.0 Å². The highest BCUT2D eigenvalue weighted by molar-refractivity contribution is 5.69. The number of benzene rings is 1. The van der Waals surface area contributed by atoms with Crippen LogP contribution in [-0.4, -0.2) is 0 Å². The Morgan fingerprint density at radius 2 is 1.92 bits per heavy atom. The molecule has 0 aromatic heterocycles. The van der Waals surface area contributed by atoms with E-state index in [2.05, 4.69) is 38.1 Å². The van der Waals surface area contributed by atoms with Crippen LogP contribution in [0.25, 0.3) is 5.57 Å². The Balaban J connectivity index is 3.21. The summed E-state index contributed by atoms with van der Waals surface area (Å²) >= 11 is 0. The van der Waals surface area contributed by atoms with Crippen LogP contribution in [0.3, 0.4) is 0 Å². The minimum atomic E-state index is 0.928. The van der Waals surface area contributed by atoms with Gasteiger partial charge in [-0.3, -0.25) is 0 Å². The lowest BCUT2D eigenvalue weighted by Crippen LogP contribution is -1.98. The second kappa shape index (κ2) is 4.13. The van der Waals surface area contributed by atoms with Gasteiger partial charge in [-0.25, -0.2) is 0 Å². The van der Waals surface area contributed by atoms with Gasteiger partial charge in [0.15, 0.2) is 0 Å². The Kier molecular flexibility index (Phi) is 3.13. The summed E-state index contributed by atoms with van der Waals surface area (Å²) in [5.41, 5.74) is 10.6. The molecule has 0 aliphatic heterocycles. The van der Waals surface area contributed by atoms with Crippen LogP contribution < -0.4 is 5.73 Å². The van der Waals surface area contributed by atoms with Crippen LogP contribution in [0.4, 0.5) is 0 Å². The van der Waals surface area contributed by atoms with Gasteiger partial charge in [0.1, 0.15) is 0 Å². The number of hydrogen-bond acceptors (Lipinski definition) is 1. The van der Waals surface area contributed by atoms with Crippen molar-refractivity contribution in [3.05, 3.63) is 41.1 Å². The highest BCUT2D eigenvalue weighted by atomic mass is 14.6. The molecule has 1 nitrogen and oxygen atoms in total.